The van der Waals surface area contributed by atoms with Crippen LogP contribution in [-0.4, -0.2) is 48.1 Å². The molecule has 5 nitrogen and oxygen atoms in total. The average molecular weight is 359 g/mol. The fourth-order valence-corrected chi connectivity index (χ4v) is 3.49. The summed E-state index contributed by atoms with van der Waals surface area (Å²) in [5, 5.41) is 5.10. The minimum atomic E-state index is -4.18. The summed E-state index contributed by atoms with van der Waals surface area (Å²) in [7, 11) is 0. The van der Waals surface area contributed by atoms with Crippen molar-refractivity contribution < 1.29 is 22.4 Å². The summed E-state index contributed by atoms with van der Waals surface area (Å²) >= 11 is 1.34. The van der Waals surface area contributed by atoms with Crippen molar-refractivity contribution in [3.05, 3.63) is 29.7 Å². The molecule has 0 aromatic carbocycles. The molecule has 2 aromatic heterocycles. The number of hydrogen-bond donors (Lipinski definition) is 1. The Kier molecular flexibility index (Phi) is 4.91. The van der Waals surface area contributed by atoms with Crippen LogP contribution in [-0.2, 0) is 0 Å². The normalized spacial score (nSPS) is 18.9. The molecule has 1 saturated heterocycles. The van der Waals surface area contributed by atoms with E-state index in [9.17, 15) is 18.0 Å². The molecule has 1 aliphatic rings. The van der Waals surface area contributed by atoms with E-state index in [0.717, 1.165) is 5.56 Å². The van der Waals surface area contributed by atoms with E-state index in [1.165, 1.54) is 22.5 Å². The van der Waals surface area contributed by atoms with E-state index in [1.54, 1.807) is 17.7 Å². The van der Waals surface area contributed by atoms with Crippen molar-refractivity contribution in [1.82, 2.24) is 15.2 Å². The van der Waals surface area contributed by atoms with E-state index < -0.39 is 12.7 Å². The van der Waals surface area contributed by atoms with E-state index in [-0.39, 0.29) is 11.8 Å². The first-order valence-corrected chi connectivity index (χ1v) is 8.34. The van der Waals surface area contributed by atoms with Gasteiger partial charge in [0.2, 0.25) is 0 Å². The van der Waals surface area contributed by atoms with Crippen LogP contribution in [0.3, 0.4) is 0 Å². The lowest BCUT2D eigenvalue weighted by Gasteiger charge is -2.17. The number of alkyl halides is 3. The number of nitrogens with zero attached hydrogens (tertiary/aromatic N) is 2. The number of nitrogens with one attached hydrogen (secondary N) is 1. The summed E-state index contributed by atoms with van der Waals surface area (Å²) in [6, 6.07) is 1.76. The number of aromatic nitrogens is 1. The van der Waals surface area contributed by atoms with E-state index in [0.29, 0.717) is 36.8 Å². The Morgan fingerprint density at radius 1 is 1.50 bits per heavy atom. The Morgan fingerprint density at radius 2 is 2.33 bits per heavy atom. The summed E-state index contributed by atoms with van der Waals surface area (Å²) in [5.74, 6) is -0.279. The minimum absolute atomic E-state index is 0.0308. The summed E-state index contributed by atoms with van der Waals surface area (Å²) in [4.78, 5) is 17.7. The highest BCUT2D eigenvalue weighted by atomic mass is 32.1. The molecule has 24 heavy (non-hydrogen) atoms. The van der Waals surface area contributed by atoms with Gasteiger partial charge in [0.1, 0.15) is 17.0 Å². The number of likely N-dealkylation sites (tertiary alicyclic amines) is 1. The van der Waals surface area contributed by atoms with Crippen LogP contribution in [0.5, 0.6) is 0 Å². The Hall–Kier alpha value is -1.87. The lowest BCUT2D eigenvalue weighted by molar-refractivity contribution is -0.143. The van der Waals surface area contributed by atoms with Gasteiger partial charge in [-0.05, 0) is 24.9 Å². The number of rotatable bonds is 5. The van der Waals surface area contributed by atoms with E-state index in [4.69, 9.17) is 4.42 Å². The monoisotopic (exact) mass is 359 g/mol. The van der Waals surface area contributed by atoms with Crippen LogP contribution in [0.4, 0.5) is 13.2 Å². The maximum absolute atomic E-state index is 12.4. The van der Waals surface area contributed by atoms with E-state index in [1.807, 2.05) is 0 Å². The summed E-state index contributed by atoms with van der Waals surface area (Å²) in [5.41, 5.74) is 1.11. The van der Waals surface area contributed by atoms with Crippen LogP contribution in [0.25, 0.3) is 10.6 Å². The number of thiazole rings is 1. The van der Waals surface area contributed by atoms with E-state index >= 15 is 0 Å². The predicted octanol–water partition coefficient (Wildman–Crippen LogP) is 3.02. The van der Waals surface area contributed by atoms with Crippen LogP contribution in [0.15, 0.2) is 28.4 Å². The highest BCUT2D eigenvalue weighted by Crippen LogP contribution is 2.24. The van der Waals surface area contributed by atoms with Gasteiger partial charge in [0, 0.05) is 24.0 Å². The van der Waals surface area contributed by atoms with Gasteiger partial charge in [-0.25, -0.2) is 4.98 Å². The zero-order valence-corrected chi connectivity index (χ0v) is 13.5. The highest BCUT2D eigenvalue weighted by Gasteiger charge is 2.34. The Bertz CT molecular complexity index is 684. The van der Waals surface area contributed by atoms with Crippen molar-refractivity contribution in [2.45, 2.75) is 12.6 Å². The fraction of sp³-hybridized carbons (Fsp3) is 0.467. The zero-order chi connectivity index (χ0) is 17.2. The van der Waals surface area contributed by atoms with Crippen molar-refractivity contribution in [1.29, 1.82) is 0 Å². The van der Waals surface area contributed by atoms with Gasteiger partial charge < -0.3 is 9.73 Å². The van der Waals surface area contributed by atoms with Gasteiger partial charge in [-0.1, -0.05) is 0 Å². The number of halogens is 3. The van der Waals surface area contributed by atoms with Crippen molar-refractivity contribution in [2.24, 2.45) is 5.92 Å². The SMILES string of the molecule is O=C(NCC1CCN(CC(F)(F)F)C1)c1csc(-c2ccoc2)n1. The van der Waals surface area contributed by atoms with Crippen molar-refractivity contribution in [3.8, 4) is 10.6 Å². The molecule has 1 atom stereocenters. The maximum atomic E-state index is 12.4. The molecule has 9 heteroatoms. The van der Waals surface area contributed by atoms with Crippen LogP contribution >= 0.6 is 11.3 Å². The van der Waals surface area contributed by atoms with Crippen LogP contribution in [0.1, 0.15) is 16.9 Å². The van der Waals surface area contributed by atoms with Gasteiger partial charge in [-0.2, -0.15) is 13.2 Å². The van der Waals surface area contributed by atoms with Gasteiger partial charge >= 0.3 is 6.18 Å². The predicted molar refractivity (Wildman–Crippen MR) is 82.8 cm³/mol. The molecule has 1 aliphatic heterocycles. The molecule has 130 valence electrons. The van der Waals surface area contributed by atoms with Gasteiger partial charge in [0.05, 0.1) is 12.8 Å². The lowest BCUT2D eigenvalue weighted by atomic mass is 10.1. The third-order valence-corrected chi connectivity index (χ3v) is 4.72. The molecule has 0 aliphatic carbocycles. The number of hydrogen-bond acceptors (Lipinski definition) is 5. The topological polar surface area (TPSA) is 58.4 Å². The molecule has 1 fully saturated rings. The molecule has 0 spiro atoms. The van der Waals surface area contributed by atoms with Crippen molar-refractivity contribution >= 4 is 17.2 Å². The number of furan rings is 1. The average Bonchev–Trinajstić information content (AvgIpc) is 3.23. The van der Waals surface area contributed by atoms with Crippen LogP contribution in [0.2, 0.25) is 0 Å². The minimum Gasteiger partial charge on any atom is -0.472 e. The van der Waals surface area contributed by atoms with Gasteiger partial charge in [0.25, 0.3) is 5.91 Å². The molecule has 1 N–H and O–H groups in total. The number of carbonyl (C=O) groups is 1. The first-order chi connectivity index (χ1) is 11.4. The number of amides is 1. The van der Waals surface area contributed by atoms with E-state index in [2.05, 4.69) is 10.3 Å². The van der Waals surface area contributed by atoms with Crippen LogP contribution < -0.4 is 5.32 Å². The lowest BCUT2D eigenvalue weighted by Crippen LogP contribution is -2.34. The second-order valence-electron chi connectivity index (χ2n) is 5.76. The maximum Gasteiger partial charge on any atom is 0.401 e. The van der Waals surface area contributed by atoms with Crippen LogP contribution in [0, 0.1) is 5.92 Å². The smallest absolute Gasteiger partial charge is 0.401 e. The van der Waals surface area contributed by atoms with Gasteiger partial charge in [-0.3, -0.25) is 9.69 Å². The highest BCUT2D eigenvalue weighted by molar-refractivity contribution is 7.13. The number of carbonyl (C=O) groups excluding carboxylic acids is 1. The Labute approximate surface area is 140 Å². The largest absolute Gasteiger partial charge is 0.472 e. The summed E-state index contributed by atoms with van der Waals surface area (Å²) < 4.78 is 42.1. The Morgan fingerprint density at radius 3 is 3.04 bits per heavy atom. The quantitative estimate of drug-likeness (QED) is 0.892. The van der Waals surface area contributed by atoms with Crippen molar-refractivity contribution in [2.75, 3.05) is 26.2 Å². The molecule has 1 amide bonds. The molecular formula is C15H16F3N3O2S. The van der Waals surface area contributed by atoms with Gasteiger partial charge in [0.15, 0.2) is 0 Å². The first kappa shape index (κ1) is 17.0. The molecule has 0 radical (unpaired) electrons. The molecule has 3 rings (SSSR count). The Balaban J connectivity index is 1.48. The third kappa shape index (κ3) is 4.35. The standard InChI is InChI=1S/C15H16F3N3O2S/c16-15(17,18)9-21-3-1-10(6-21)5-19-13(22)12-8-24-14(20-12)11-2-4-23-7-11/h2,4,7-8,10H,1,3,5-6,9H2,(H,19,22). The molecule has 2 aromatic rings. The van der Waals surface area contributed by atoms with Crippen molar-refractivity contribution in [3.63, 3.8) is 0 Å². The first-order valence-electron chi connectivity index (χ1n) is 7.46. The molecule has 1 unspecified atom stereocenters. The second-order valence-corrected chi connectivity index (χ2v) is 6.62. The molecule has 0 saturated carbocycles. The third-order valence-electron chi connectivity index (χ3n) is 3.83. The summed E-state index contributed by atoms with van der Waals surface area (Å²) in [6.45, 7) is 0.210. The fourth-order valence-electron chi connectivity index (χ4n) is 2.70. The molecule has 3 heterocycles. The second kappa shape index (κ2) is 6.94. The summed E-state index contributed by atoms with van der Waals surface area (Å²) in [6.07, 6.45) is -0.451. The molecular weight excluding hydrogens is 343 g/mol. The molecule has 0 bridgehead atoms. The zero-order valence-electron chi connectivity index (χ0n) is 12.7. The van der Waals surface area contributed by atoms with Gasteiger partial charge in [-0.15, -0.1) is 11.3 Å².